The molecule has 1 N–H and O–H groups in total. The second-order valence-electron chi connectivity index (χ2n) is 4.50. The third-order valence-corrected chi connectivity index (χ3v) is 4.53. The standard InChI is InChI=1S/C14H13ClF2N2O4S/c1-22-12-6-9(2-4-11(12)23-14(16)17)7-19-24(20,21)10-3-5-13(15)18-8-10/h2-6,8,14,19H,7H2,1H3. The Balaban J connectivity index is 2.12. The van der Waals surface area contributed by atoms with Crippen LogP contribution in [-0.2, 0) is 16.6 Å². The molecular weight excluding hydrogens is 366 g/mol. The van der Waals surface area contributed by atoms with E-state index in [0.717, 1.165) is 6.20 Å². The zero-order valence-electron chi connectivity index (χ0n) is 12.4. The molecule has 10 heteroatoms. The van der Waals surface area contributed by atoms with Gasteiger partial charge in [0.05, 0.1) is 7.11 Å². The lowest BCUT2D eigenvalue weighted by molar-refractivity contribution is -0.0512. The van der Waals surface area contributed by atoms with Crippen LogP contribution in [0.3, 0.4) is 0 Å². The molecule has 0 unspecified atom stereocenters. The number of hydrogen-bond donors (Lipinski definition) is 1. The predicted octanol–water partition coefficient (Wildman–Crippen LogP) is 2.82. The topological polar surface area (TPSA) is 77.5 Å². The van der Waals surface area contributed by atoms with Crippen LogP contribution in [0.5, 0.6) is 11.5 Å². The molecular formula is C14H13ClF2N2O4S. The zero-order chi connectivity index (χ0) is 17.7. The molecule has 2 aromatic rings. The molecule has 1 heterocycles. The van der Waals surface area contributed by atoms with E-state index in [4.69, 9.17) is 16.3 Å². The summed E-state index contributed by atoms with van der Waals surface area (Å²) in [6, 6.07) is 6.80. The van der Waals surface area contributed by atoms with E-state index in [1.165, 1.54) is 37.4 Å². The quantitative estimate of drug-likeness (QED) is 0.750. The van der Waals surface area contributed by atoms with Crippen LogP contribution in [0.15, 0.2) is 41.4 Å². The first-order chi connectivity index (χ1) is 11.3. The first kappa shape index (κ1) is 18.4. The Hall–Kier alpha value is -1.97. The molecule has 0 aliphatic heterocycles. The minimum Gasteiger partial charge on any atom is -0.493 e. The van der Waals surface area contributed by atoms with E-state index in [1.807, 2.05) is 0 Å². The maximum Gasteiger partial charge on any atom is 0.387 e. The summed E-state index contributed by atoms with van der Waals surface area (Å²) in [6.07, 6.45) is 1.13. The lowest BCUT2D eigenvalue weighted by atomic mass is 10.2. The molecule has 24 heavy (non-hydrogen) atoms. The number of halogens is 3. The maximum atomic E-state index is 12.3. The molecule has 0 amide bonds. The minimum atomic E-state index is -3.79. The van der Waals surface area contributed by atoms with Crippen LogP contribution in [0.25, 0.3) is 0 Å². The van der Waals surface area contributed by atoms with Gasteiger partial charge in [-0.25, -0.2) is 18.1 Å². The minimum absolute atomic E-state index is 0.0449. The fourth-order valence-corrected chi connectivity index (χ4v) is 2.87. The Kier molecular flexibility index (Phi) is 5.92. The normalized spacial score (nSPS) is 11.5. The largest absolute Gasteiger partial charge is 0.493 e. The van der Waals surface area contributed by atoms with E-state index in [2.05, 4.69) is 14.4 Å². The fraction of sp³-hybridized carbons (Fsp3) is 0.214. The van der Waals surface area contributed by atoms with Gasteiger partial charge in [0, 0.05) is 12.7 Å². The summed E-state index contributed by atoms with van der Waals surface area (Å²) in [7, 11) is -2.49. The van der Waals surface area contributed by atoms with Crippen molar-refractivity contribution >= 4 is 21.6 Å². The SMILES string of the molecule is COc1cc(CNS(=O)(=O)c2ccc(Cl)nc2)ccc1OC(F)F. The van der Waals surface area contributed by atoms with Crippen molar-refractivity contribution in [3.05, 3.63) is 47.2 Å². The smallest absolute Gasteiger partial charge is 0.387 e. The van der Waals surface area contributed by atoms with Gasteiger partial charge in [-0.1, -0.05) is 17.7 Å². The van der Waals surface area contributed by atoms with Crippen LogP contribution in [0.4, 0.5) is 8.78 Å². The van der Waals surface area contributed by atoms with Crippen molar-refractivity contribution in [2.45, 2.75) is 18.1 Å². The molecule has 1 aromatic carbocycles. The zero-order valence-corrected chi connectivity index (χ0v) is 13.9. The number of benzene rings is 1. The summed E-state index contributed by atoms with van der Waals surface area (Å²) in [5.41, 5.74) is 0.499. The summed E-state index contributed by atoms with van der Waals surface area (Å²) in [6.45, 7) is -3.06. The number of methoxy groups -OCH3 is 1. The van der Waals surface area contributed by atoms with E-state index in [9.17, 15) is 17.2 Å². The maximum absolute atomic E-state index is 12.3. The van der Waals surface area contributed by atoms with Crippen LogP contribution in [0.2, 0.25) is 5.15 Å². The summed E-state index contributed by atoms with van der Waals surface area (Å²) >= 11 is 5.61. The van der Waals surface area contributed by atoms with E-state index in [0.29, 0.717) is 5.56 Å². The molecule has 2 rings (SSSR count). The monoisotopic (exact) mass is 378 g/mol. The number of alkyl halides is 2. The first-order valence-corrected chi connectivity index (χ1v) is 8.41. The number of sulfonamides is 1. The Bertz CT molecular complexity index is 801. The molecule has 0 atom stereocenters. The molecule has 130 valence electrons. The predicted molar refractivity (Wildman–Crippen MR) is 82.9 cm³/mol. The summed E-state index contributed by atoms with van der Waals surface area (Å²) in [4.78, 5) is 3.66. The molecule has 0 saturated heterocycles. The number of hydrogen-bond acceptors (Lipinski definition) is 5. The van der Waals surface area contributed by atoms with Gasteiger partial charge in [-0.05, 0) is 29.8 Å². The van der Waals surface area contributed by atoms with Crippen molar-refractivity contribution in [3.63, 3.8) is 0 Å². The Morgan fingerprint density at radius 2 is 2.00 bits per heavy atom. The van der Waals surface area contributed by atoms with Gasteiger partial charge in [-0.3, -0.25) is 0 Å². The highest BCUT2D eigenvalue weighted by molar-refractivity contribution is 7.89. The number of pyridine rings is 1. The van der Waals surface area contributed by atoms with Crippen LogP contribution in [-0.4, -0.2) is 27.1 Å². The molecule has 0 fully saturated rings. The van der Waals surface area contributed by atoms with Crippen LogP contribution in [0, 0.1) is 0 Å². The lowest BCUT2D eigenvalue weighted by Gasteiger charge is -2.12. The van der Waals surface area contributed by atoms with Crippen LogP contribution < -0.4 is 14.2 Å². The van der Waals surface area contributed by atoms with Gasteiger partial charge in [0.2, 0.25) is 10.0 Å². The molecule has 0 spiro atoms. The number of nitrogens with zero attached hydrogens (tertiary/aromatic N) is 1. The van der Waals surface area contributed by atoms with E-state index in [-0.39, 0.29) is 28.1 Å². The van der Waals surface area contributed by atoms with Crippen LogP contribution in [0.1, 0.15) is 5.56 Å². The van der Waals surface area contributed by atoms with Gasteiger partial charge in [0.15, 0.2) is 11.5 Å². The summed E-state index contributed by atoms with van der Waals surface area (Å²) in [5.74, 6) is -0.0684. The molecule has 0 aliphatic rings. The molecule has 1 aromatic heterocycles. The fourth-order valence-electron chi connectivity index (χ4n) is 1.80. The van der Waals surface area contributed by atoms with Gasteiger partial charge in [0.25, 0.3) is 0 Å². The van der Waals surface area contributed by atoms with E-state index in [1.54, 1.807) is 0 Å². The Morgan fingerprint density at radius 1 is 1.25 bits per heavy atom. The Morgan fingerprint density at radius 3 is 2.58 bits per heavy atom. The van der Waals surface area contributed by atoms with Gasteiger partial charge in [0.1, 0.15) is 10.0 Å². The van der Waals surface area contributed by atoms with E-state index < -0.39 is 16.6 Å². The summed E-state index contributed by atoms with van der Waals surface area (Å²) < 4.78 is 60.4. The average Bonchev–Trinajstić information content (AvgIpc) is 2.54. The molecule has 0 saturated carbocycles. The molecule has 0 radical (unpaired) electrons. The highest BCUT2D eigenvalue weighted by Gasteiger charge is 2.15. The first-order valence-electron chi connectivity index (χ1n) is 6.55. The van der Waals surface area contributed by atoms with Gasteiger partial charge in [-0.2, -0.15) is 8.78 Å². The lowest BCUT2D eigenvalue weighted by Crippen LogP contribution is -2.23. The van der Waals surface area contributed by atoms with Crippen molar-refractivity contribution in [3.8, 4) is 11.5 Å². The van der Waals surface area contributed by atoms with Crippen LogP contribution >= 0.6 is 11.6 Å². The third kappa shape index (κ3) is 4.76. The molecule has 0 bridgehead atoms. The number of rotatable bonds is 7. The molecule has 0 aliphatic carbocycles. The summed E-state index contributed by atoms with van der Waals surface area (Å²) in [5, 5.41) is 0.174. The van der Waals surface area contributed by atoms with Crippen molar-refractivity contribution in [1.29, 1.82) is 0 Å². The highest BCUT2D eigenvalue weighted by atomic mass is 35.5. The number of nitrogens with one attached hydrogen (secondary N) is 1. The average molecular weight is 379 g/mol. The third-order valence-electron chi connectivity index (χ3n) is 2.92. The molecule has 6 nitrogen and oxygen atoms in total. The number of aromatic nitrogens is 1. The number of ether oxygens (including phenoxy) is 2. The Labute approximate surface area is 142 Å². The van der Waals surface area contributed by atoms with Crippen molar-refractivity contribution in [1.82, 2.24) is 9.71 Å². The highest BCUT2D eigenvalue weighted by Crippen LogP contribution is 2.29. The van der Waals surface area contributed by atoms with Crippen molar-refractivity contribution in [2.24, 2.45) is 0 Å². The second-order valence-corrected chi connectivity index (χ2v) is 6.66. The van der Waals surface area contributed by atoms with Gasteiger partial charge >= 0.3 is 6.61 Å². The second kappa shape index (κ2) is 7.73. The van der Waals surface area contributed by atoms with E-state index >= 15 is 0 Å². The van der Waals surface area contributed by atoms with Gasteiger partial charge in [-0.15, -0.1) is 0 Å². The van der Waals surface area contributed by atoms with Crippen molar-refractivity contribution in [2.75, 3.05) is 7.11 Å². The van der Waals surface area contributed by atoms with Gasteiger partial charge < -0.3 is 9.47 Å². The van der Waals surface area contributed by atoms with Crippen molar-refractivity contribution < 1.29 is 26.7 Å².